The van der Waals surface area contributed by atoms with Crippen molar-refractivity contribution in [1.29, 1.82) is 0 Å². The topological polar surface area (TPSA) is 29.5 Å². The molecular formula is C18H19NO2. The summed E-state index contributed by atoms with van der Waals surface area (Å²) in [6, 6.07) is 14.5. The molecule has 0 aromatic heterocycles. The summed E-state index contributed by atoms with van der Waals surface area (Å²) in [5, 5.41) is 0. The maximum Gasteiger partial charge on any atom is 0.153 e. The van der Waals surface area contributed by atoms with Crippen molar-refractivity contribution in [2.45, 2.75) is 19.5 Å². The molecule has 2 aromatic carbocycles. The van der Waals surface area contributed by atoms with Gasteiger partial charge in [-0.25, -0.2) is 0 Å². The number of hydrogen-bond donors (Lipinski definition) is 0. The monoisotopic (exact) mass is 281 g/mol. The largest absolute Gasteiger partial charge is 0.496 e. The highest BCUT2D eigenvalue weighted by Gasteiger charge is 2.18. The Hall–Kier alpha value is -2.13. The summed E-state index contributed by atoms with van der Waals surface area (Å²) in [7, 11) is 1.61. The number of carbonyl (C=O) groups is 1. The van der Waals surface area contributed by atoms with Gasteiger partial charge in [0.25, 0.3) is 0 Å². The van der Waals surface area contributed by atoms with E-state index in [1.165, 1.54) is 16.7 Å². The van der Waals surface area contributed by atoms with Gasteiger partial charge in [0.05, 0.1) is 12.7 Å². The van der Waals surface area contributed by atoms with Crippen LogP contribution >= 0.6 is 0 Å². The summed E-state index contributed by atoms with van der Waals surface area (Å²) >= 11 is 0. The second kappa shape index (κ2) is 6.10. The van der Waals surface area contributed by atoms with E-state index in [1.54, 1.807) is 7.11 Å². The molecule has 3 rings (SSSR count). The average molecular weight is 281 g/mol. The second-order valence-corrected chi connectivity index (χ2v) is 5.43. The normalized spacial score (nSPS) is 14.5. The van der Waals surface area contributed by atoms with E-state index in [2.05, 4.69) is 29.2 Å². The Morgan fingerprint density at radius 1 is 1.19 bits per heavy atom. The molecule has 1 aliphatic rings. The Balaban J connectivity index is 1.80. The Bertz CT molecular complexity index is 637. The molecule has 3 heteroatoms. The first-order valence-electron chi connectivity index (χ1n) is 7.21. The number of fused-ring (bicyclic) bond motifs is 1. The predicted molar refractivity (Wildman–Crippen MR) is 82.6 cm³/mol. The number of ether oxygens (including phenoxy) is 1. The fourth-order valence-corrected chi connectivity index (χ4v) is 2.91. The van der Waals surface area contributed by atoms with Crippen LogP contribution in [0.2, 0.25) is 0 Å². The van der Waals surface area contributed by atoms with Crippen molar-refractivity contribution in [2.24, 2.45) is 0 Å². The highest BCUT2D eigenvalue weighted by molar-refractivity contribution is 5.80. The molecule has 0 saturated heterocycles. The van der Waals surface area contributed by atoms with Crippen LogP contribution in [0.5, 0.6) is 5.75 Å². The molecule has 1 heterocycles. The first-order chi connectivity index (χ1) is 10.3. The van der Waals surface area contributed by atoms with E-state index in [0.717, 1.165) is 32.3 Å². The molecule has 0 atom stereocenters. The molecule has 0 bridgehead atoms. The molecule has 21 heavy (non-hydrogen) atoms. The van der Waals surface area contributed by atoms with Crippen molar-refractivity contribution in [2.75, 3.05) is 13.7 Å². The standard InChI is InChI=1S/C18H19NO2/c1-21-18-10-16-12-19(11-14-5-3-2-4-6-14)8-7-15(16)9-17(18)13-20/h2-6,9-10,13H,7-8,11-12H2,1H3. The van der Waals surface area contributed by atoms with Crippen LogP contribution in [-0.4, -0.2) is 24.8 Å². The van der Waals surface area contributed by atoms with E-state index in [4.69, 9.17) is 4.74 Å². The fourth-order valence-electron chi connectivity index (χ4n) is 2.91. The molecule has 0 unspecified atom stereocenters. The summed E-state index contributed by atoms with van der Waals surface area (Å²) in [5.74, 6) is 0.672. The summed E-state index contributed by atoms with van der Waals surface area (Å²) in [4.78, 5) is 13.5. The molecule has 0 N–H and O–H groups in total. The first-order valence-corrected chi connectivity index (χ1v) is 7.21. The quantitative estimate of drug-likeness (QED) is 0.807. The third-order valence-corrected chi connectivity index (χ3v) is 4.02. The fraction of sp³-hybridized carbons (Fsp3) is 0.278. The smallest absolute Gasteiger partial charge is 0.153 e. The van der Waals surface area contributed by atoms with Gasteiger partial charge in [0.1, 0.15) is 5.75 Å². The maximum atomic E-state index is 11.1. The van der Waals surface area contributed by atoms with Gasteiger partial charge in [-0.2, -0.15) is 0 Å². The zero-order valence-corrected chi connectivity index (χ0v) is 12.2. The Kier molecular flexibility index (Phi) is 4.02. The van der Waals surface area contributed by atoms with Crippen molar-refractivity contribution in [3.8, 4) is 5.75 Å². The van der Waals surface area contributed by atoms with Gasteiger partial charge in [-0.05, 0) is 35.2 Å². The number of benzene rings is 2. The molecule has 0 aliphatic carbocycles. The molecule has 0 radical (unpaired) electrons. The maximum absolute atomic E-state index is 11.1. The zero-order chi connectivity index (χ0) is 14.7. The van der Waals surface area contributed by atoms with E-state index in [0.29, 0.717) is 11.3 Å². The average Bonchev–Trinajstić information content (AvgIpc) is 2.54. The van der Waals surface area contributed by atoms with Crippen molar-refractivity contribution in [1.82, 2.24) is 4.90 Å². The van der Waals surface area contributed by atoms with Gasteiger partial charge in [0, 0.05) is 19.6 Å². The molecule has 0 saturated carbocycles. The van der Waals surface area contributed by atoms with Crippen LogP contribution in [-0.2, 0) is 19.5 Å². The number of aldehydes is 1. The zero-order valence-electron chi connectivity index (χ0n) is 12.2. The lowest BCUT2D eigenvalue weighted by atomic mass is 9.96. The van der Waals surface area contributed by atoms with E-state index in [-0.39, 0.29) is 0 Å². The van der Waals surface area contributed by atoms with Crippen molar-refractivity contribution >= 4 is 6.29 Å². The summed E-state index contributed by atoms with van der Waals surface area (Å²) in [5.41, 5.74) is 4.51. The van der Waals surface area contributed by atoms with Crippen LogP contribution in [0.25, 0.3) is 0 Å². The highest BCUT2D eigenvalue weighted by Crippen LogP contribution is 2.27. The van der Waals surface area contributed by atoms with Gasteiger partial charge in [-0.3, -0.25) is 9.69 Å². The van der Waals surface area contributed by atoms with Crippen LogP contribution in [0.4, 0.5) is 0 Å². The number of rotatable bonds is 4. The van der Waals surface area contributed by atoms with E-state index in [1.807, 2.05) is 18.2 Å². The van der Waals surface area contributed by atoms with Gasteiger partial charge in [0.15, 0.2) is 6.29 Å². The number of carbonyl (C=O) groups excluding carboxylic acids is 1. The minimum atomic E-state index is 0.646. The first kappa shape index (κ1) is 13.8. The SMILES string of the molecule is COc1cc2c(cc1C=O)CCN(Cc1ccccc1)C2. The van der Waals surface area contributed by atoms with E-state index in [9.17, 15) is 4.79 Å². The predicted octanol–water partition coefficient (Wildman–Crippen LogP) is 3.07. The molecule has 0 fully saturated rings. The Morgan fingerprint density at radius 2 is 2.00 bits per heavy atom. The third kappa shape index (κ3) is 2.98. The van der Waals surface area contributed by atoms with E-state index < -0.39 is 0 Å². The number of methoxy groups -OCH3 is 1. The molecule has 108 valence electrons. The minimum Gasteiger partial charge on any atom is -0.496 e. The van der Waals surface area contributed by atoms with Crippen LogP contribution in [0.1, 0.15) is 27.0 Å². The van der Waals surface area contributed by atoms with Gasteiger partial charge in [0.2, 0.25) is 0 Å². The van der Waals surface area contributed by atoms with Crippen LogP contribution in [0.15, 0.2) is 42.5 Å². The highest BCUT2D eigenvalue weighted by atomic mass is 16.5. The molecule has 0 amide bonds. The second-order valence-electron chi connectivity index (χ2n) is 5.43. The van der Waals surface area contributed by atoms with E-state index >= 15 is 0 Å². The molecule has 0 spiro atoms. The summed E-state index contributed by atoms with van der Waals surface area (Å²) in [6.07, 6.45) is 1.85. The molecular weight excluding hydrogens is 262 g/mol. The van der Waals surface area contributed by atoms with Gasteiger partial charge in [-0.1, -0.05) is 30.3 Å². The lowest BCUT2D eigenvalue weighted by Gasteiger charge is -2.29. The number of nitrogens with zero attached hydrogens (tertiary/aromatic N) is 1. The lowest BCUT2D eigenvalue weighted by molar-refractivity contribution is 0.112. The molecule has 2 aromatic rings. The molecule has 3 nitrogen and oxygen atoms in total. The van der Waals surface area contributed by atoms with Gasteiger partial charge in [-0.15, -0.1) is 0 Å². The van der Waals surface area contributed by atoms with Crippen molar-refractivity contribution < 1.29 is 9.53 Å². The Labute approximate surface area is 125 Å². The summed E-state index contributed by atoms with van der Waals surface area (Å²) in [6.45, 7) is 2.88. The van der Waals surface area contributed by atoms with Crippen molar-refractivity contribution in [3.05, 3.63) is 64.7 Å². The van der Waals surface area contributed by atoms with Crippen LogP contribution in [0.3, 0.4) is 0 Å². The van der Waals surface area contributed by atoms with Crippen LogP contribution < -0.4 is 4.74 Å². The van der Waals surface area contributed by atoms with Crippen LogP contribution in [0, 0.1) is 0 Å². The summed E-state index contributed by atoms with van der Waals surface area (Å²) < 4.78 is 5.31. The minimum absolute atomic E-state index is 0.646. The van der Waals surface area contributed by atoms with Gasteiger partial charge < -0.3 is 4.74 Å². The molecule has 1 aliphatic heterocycles. The number of hydrogen-bond acceptors (Lipinski definition) is 3. The third-order valence-electron chi connectivity index (χ3n) is 4.02. The lowest BCUT2D eigenvalue weighted by Crippen LogP contribution is -2.30. The van der Waals surface area contributed by atoms with Gasteiger partial charge >= 0.3 is 0 Å². The van der Waals surface area contributed by atoms with Crippen molar-refractivity contribution in [3.63, 3.8) is 0 Å². The Morgan fingerprint density at radius 3 is 2.71 bits per heavy atom.